The number of likely N-dealkylation sites (N-methyl/N-ethyl adjacent to an activating group) is 4. The van der Waals surface area contributed by atoms with Crippen LogP contribution >= 0.6 is 0 Å². The van der Waals surface area contributed by atoms with Crippen LogP contribution in [-0.2, 0) is 81.8 Å². The van der Waals surface area contributed by atoms with E-state index in [1.807, 2.05) is 0 Å². The lowest BCUT2D eigenvalue weighted by Crippen LogP contribution is -2.56. The summed E-state index contributed by atoms with van der Waals surface area (Å²) in [6, 6.07) is 12.5. The molecule has 7 aromatic rings. The van der Waals surface area contributed by atoms with Crippen LogP contribution in [0.5, 0.6) is 0 Å². The van der Waals surface area contributed by atoms with Gasteiger partial charge in [0.15, 0.2) is 0 Å². The number of aromatic amines is 2. The van der Waals surface area contributed by atoms with E-state index in [4.69, 9.17) is 47.1 Å². The summed E-state index contributed by atoms with van der Waals surface area (Å²) in [5.74, 6) is -3.33. The van der Waals surface area contributed by atoms with Crippen LogP contribution in [0, 0.1) is 0 Å². The van der Waals surface area contributed by atoms with E-state index in [0.717, 1.165) is 97.2 Å². The van der Waals surface area contributed by atoms with Gasteiger partial charge in [0.1, 0.15) is 0 Å². The number of halogens is 24. The fourth-order valence-corrected chi connectivity index (χ4v) is 16.4. The minimum Gasteiger partial charge on any atom is -0.354 e. The molecule has 5 heterocycles. The van der Waals surface area contributed by atoms with Crippen LogP contribution in [-0.4, -0.2) is 271 Å². The molecule has 9 rings (SSSR count). The summed E-state index contributed by atoms with van der Waals surface area (Å²) >= 11 is 0. The molecular formula is C84H82F24N8O16S4. The second-order valence-electron chi connectivity index (χ2n) is 30.8. The Morgan fingerprint density at radius 1 is 0.272 bits per heavy atom. The highest BCUT2D eigenvalue weighted by molar-refractivity contribution is 7.86. The Hall–Kier alpha value is -9.92. The van der Waals surface area contributed by atoms with Gasteiger partial charge < -0.3 is 48.5 Å². The van der Waals surface area contributed by atoms with Crippen molar-refractivity contribution in [3.05, 3.63) is 215 Å². The molecule has 6 N–H and O–H groups in total. The average Bonchev–Trinajstić information content (AvgIpc) is 1.26. The maximum Gasteiger partial charge on any atom is 0.430 e. The first-order valence-corrected chi connectivity index (χ1v) is 45.9. The van der Waals surface area contributed by atoms with Gasteiger partial charge in [-0.2, -0.15) is 139 Å². The zero-order valence-electron chi connectivity index (χ0n) is 70.9. The van der Waals surface area contributed by atoms with Crippen LogP contribution in [0.1, 0.15) is 45.0 Å². The molecule has 0 amide bonds. The summed E-state index contributed by atoms with van der Waals surface area (Å²) in [6.07, 6.45) is -40.0. The van der Waals surface area contributed by atoms with Gasteiger partial charge in [0.05, 0.1) is 72.2 Å². The summed E-state index contributed by atoms with van der Waals surface area (Å²) in [7, 11) is -13.0. The van der Waals surface area contributed by atoms with Crippen LogP contribution in [0.4, 0.5) is 105 Å². The molecule has 8 bridgehead atoms. The quantitative estimate of drug-likeness (QED) is 0.0118. The number of H-pyrrole nitrogens is 2. The maximum atomic E-state index is 15.5. The number of fused-ring (bicyclic) bond motifs is 8. The molecule has 0 fully saturated rings. The first kappa shape index (κ1) is 110. The summed E-state index contributed by atoms with van der Waals surface area (Å²) in [5, 5.41) is 0. The molecule has 746 valence electrons. The summed E-state index contributed by atoms with van der Waals surface area (Å²) in [6.45, 7) is -8.63. The van der Waals surface area contributed by atoms with Crippen molar-refractivity contribution in [3.8, 4) is 44.5 Å². The van der Waals surface area contributed by atoms with Crippen molar-refractivity contribution in [1.82, 2.24) is 39.5 Å². The van der Waals surface area contributed by atoms with Crippen molar-refractivity contribution >= 4 is 86.8 Å². The van der Waals surface area contributed by atoms with Gasteiger partial charge in [-0.3, -0.25) is 18.2 Å². The molecule has 2 aliphatic heterocycles. The van der Waals surface area contributed by atoms with Gasteiger partial charge >= 0.3 is 49.4 Å². The fraction of sp³-hybridized carbons (Fsp3) is 0.381. The van der Waals surface area contributed by atoms with Crippen molar-refractivity contribution in [1.29, 1.82) is 0 Å². The second kappa shape index (κ2) is 42.0. The molecule has 0 unspecified atom stereocenters. The lowest BCUT2D eigenvalue weighted by molar-refractivity contribution is -0.388. The molecule has 0 atom stereocenters. The predicted octanol–water partition coefficient (Wildman–Crippen LogP) is 18.2. The Kier molecular flexibility index (Phi) is 33.9. The average molecular weight is 2040 g/mol. The van der Waals surface area contributed by atoms with E-state index in [1.165, 1.54) is 47.8 Å². The third-order valence-corrected chi connectivity index (χ3v) is 23.9. The third-order valence-electron chi connectivity index (χ3n) is 21.1. The molecular weight excluding hydrogens is 1960 g/mol. The van der Waals surface area contributed by atoms with Crippen molar-refractivity contribution in [2.24, 2.45) is 0 Å². The highest BCUT2D eigenvalue weighted by atomic mass is 32.2. The standard InChI is InChI=1S/C84H82F24N8O16S4/c1-113(41-49-133(117,118)119)37-5-9-45-129-73(77(85,86)87,78(88,89)90)57-21-13-53(14-22-57)69-61-29-31-63(109-61)70(54-15-23-58(24-16-54)74(79(91,92)93,80(94,95)96)130-46-10-6-38-114(2)42-50-134(120,121)122)65-33-35-67(111-65)72(56-19-27-60(28-20-56)76(83(103,104)105,84(106,107)108)132-48-12-8-40-116(4)44-52-136(126,127)128)68-36-34-66(112-68)71(64-32-30-62(69)110-64)55-17-25-59(26-18-55)75(81(97,98)99,82(100,101)102)131-47-11-7-39-115(3)43-51-135(123,124)125/h5-36,109,112H,37-52H2,1-4H3,(H,117,118,119)(H,120,121,122)(H,123,124,125)(H,126,127,128). The van der Waals surface area contributed by atoms with E-state index >= 15 is 105 Å². The topological polar surface area (TPSA) is 325 Å². The Morgan fingerprint density at radius 3 is 0.581 bits per heavy atom. The number of rotatable bonds is 40. The van der Waals surface area contributed by atoms with E-state index < -0.39 is 229 Å². The van der Waals surface area contributed by atoms with Gasteiger partial charge in [-0.15, -0.1) is 0 Å². The van der Waals surface area contributed by atoms with Crippen molar-refractivity contribution in [2.45, 2.75) is 71.8 Å². The fourth-order valence-electron chi connectivity index (χ4n) is 14.3. The lowest BCUT2D eigenvalue weighted by atomic mass is 9.90. The number of aromatic nitrogens is 4. The molecule has 52 heteroatoms. The maximum absolute atomic E-state index is 15.5. The van der Waals surface area contributed by atoms with E-state index in [9.17, 15) is 33.7 Å². The lowest BCUT2D eigenvalue weighted by Gasteiger charge is -2.37. The van der Waals surface area contributed by atoms with Crippen molar-refractivity contribution in [2.75, 3.05) is 130 Å². The predicted molar refractivity (Wildman–Crippen MR) is 452 cm³/mol. The van der Waals surface area contributed by atoms with Crippen LogP contribution in [0.25, 0.3) is 90.9 Å². The van der Waals surface area contributed by atoms with Gasteiger partial charge in [-0.05, 0) is 99.0 Å². The zero-order chi connectivity index (χ0) is 101. The summed E-state index contributed by atoms with van der Waals surface area (Å²) < 4.78 is 519. The Balaban J connectivity index is 1.36. The van der Waals surface area contributed by atoms with Crippen molar-refractivity contribution in [3.63, 3.8) is 0 Å². The summed E-state index contributed by atoms with van der Waals surface area (Å²) in [5.41, 5.74) is -33.8. The van der Waals surface area contributed by atoms with Gasteiger partial charge in [0.25, 0.3) is 62.9 Å². The first-order chi connectivity index (χ1) is 62.6. The Labute approximate surface area is 760 Å². The molecule has 2 aliphatic rings. The Bertz CT molecular complexity index is 5440. The molecule has 0 spiro atoms. The first-order valence-electron chi connectivity index (χ1n) is 39.5. The van der Waals surface area contributed by atoms with Gasteiger partial charge in [0, 0.05) is 119 Å². The zero-order valence-corrected chi connectivity index (χ0v) is 74.1. The minimum absolute atomic E-state index is 0.314. The number of hydrogen-bond donors (Lipinski definition) is 6. The van der Waals surface area contributed by atoms with E-state index in [0.29, 0.717) is 97.1 Å². The van der Waals surface area contributed by atoms with Crippen LogP contribution in [0.2, 0.25) is 0 Å². The normalized spacial score (nSPS) is 14.5. The molecule has 4 aromatic carbocycles. The van der Waals surface area contributed by atoms with Crippen LogP contribution < -0.4 is 0 Å². The van der Waals surface area contributed by atoms with E-state index in [-0.39, 0.29) is 96.7 Å². The molecule has 0 saturated heterocycles. The molecule has 0 saturated carbocycles. The van der Waals surface area contributed by atoms with Crippen LogP contribution in [0.15, 0.2) is 170 Å². The van der Waals surface area contributed by atoms with Crippen molar-refractivity contribution < 1.29 is 176 Å². The van der Waals surface area contributed by atoms with Gasteiger partial charge in [-0.25, -0.2) is 9.97 Å². The highest BCUT2D eigenvalue weighted by Crippen LogP contribution is 2.58. The molecule has 24 nitrogen and oxygen atoms in total. The number of ether oxygens (including phenoxy) is 4. The monoisotopic (exact) mass is 2040 g/mol. The number of nitrogens with one attached hydrogen (secondary N) is 2. The number of nitrogens with zero attached hydrogens (tertiary/aromatic N) is 6. The van der Waals surface area contributed by atoms with E-state index in [1.54, 1.807) is 0 Å². The largest absolute Gasteiger partial charge is 0.430 e. The molecule has 136 heavy (non-hydrogen) atoms. The number of alkyl halides is 24. The number of benzene rings is 4. The highest BCUT2D eigenvalue weighted by Gasteiger charge is 2.77. The van der Waals surface area contributed by atoms with Gasteiger partial charge in [-0.1, -0.05) is 146 Å². The van der Waals surface area contributed by atoms with Crippen LogP contribution in [0.3, 0.4) is 0 Å². The second-order valence-corrected chi connectivity index (χ2v) is 37.1. The number of hydrogen-bond acceptors (Lipinski definition) is 18. The third kappa shape index (κ3) is 25.8. The molecule has 3 aromatic heterocycles. The van der Waals surface area contributed by atoms with Gasteiger partial charge in [0.2, 0.25) is 0 Å². The van der Waals surface area contributed by atoms with E-state index in [2.05, 4.69) is 9.97 Å². The molecule has 0 aliphatic carbocycles. The Morgan fingerprint density at radius 2 is 0.434 bits per heavy atom. The summed E-state index contributed by atoms with van der Waals surface area (Å²) in [4.78, 5) is 20.2. The smallest absolute Gasteiger partial charge is 0.354 e. The molecule has 0 radical (unpaired) electrons. The minimum atomic E-state index is -6.40. The SMILES string of the molecule is CN(CC=CCOC(c1ccc(-c2c3nc(c(-c4ccc(C(OCC=CCN(C)CCS(=O)(=O)O)(C(F)(F)F)C(F)(F)F)cc4)c4ccc([nH]4)c(-c4ccc(C(OCC=CCN(C)CCS(=O)(=O)O)(C(F)(F)F)C(F)(F)F)cc4)c4nc(c(-c5ccc(C(OCC=CCN(C)CCS(=O)(=O)O)(C(F)(F)F)C(F)(F)F)cc5)c5ccc2[nH]5)C=C4)C=C3)cc1)(C(F)(F)F)C(F)(F)F)CCS(=O)(=O)O.